The van der Waals surface area contributed by atoms with Gasteiger partial charge in [-0.15, -0.1) is 11.3 Å². The zero-order valence-corrected chi connectivity index (χ0v) is 12.4. The maximum absolute atomic E-state index is 11.7. The number of hydrogen-bond acceptors (Lipinski definition) is 3. The van der Waals surface area contributed by atoms with Gasteiger partial charge in [0.2, 0.25) is 5.91 Å². The molecule has 4 nitrogen and oxygen atoms in total. The summed E-state index contributed by atoms with van der Waals surface area (Å²) in [4.78, 5) is 23.6. The Balaban J connectivity index is 2.35. The van der Waals surface area contributed by atoms with E-state index in [1.165, 1.54) is 11.3 Å². The van der Waals surface area contributed by atoms with E-state index in [2.05, 4.69) is 26.1 Å². The number of thiophene rings is 1. The smallest absolute Gasteiger partial charge is 0.345 e. The molecular formula is C14H21NO3S. The molecule has 0 aliphatic carbocycles. The third-order valence-corrected chi connectivity index (χ3v) is 3.81. The Bertz CT molecular complexity index is 440. The largest absolute Gasteiger partial charge is 0.477 e. The van der Waals surface area contributed by atoms with E-state index < -0.39 is 5.97 Å². The average molecular weight is 283 g/mol. The highest BCUT2D eigenvalue weighted by atomic mass is 32.1. The molecule has 0 saturated carbocycles. The summed E-state index contributed by atoms with van der Waals surface area (Å²) in [7, 11) is 0. The fraction of sp³-hybridized carbons (Fsp3) is 0.571. The molecular weight excluding hydrogens is 262 g/mol. The lowest BCUT2D eigenvalue weighted by atomic mass is 9.96. The van der Waals surface area contributed by atoms with Crippen LogP contribution in [0.25, 0.3) is 0 Å². The van der Waals surface area contributed by atoms with E-state index in [9.17, 15) is 9.59 Å². The van der Waals surface area contributed by atoms with Crippen molar-refractivity contribution in [2.24, 2.45) is 11.8 Å². The molecule has 1 aromatic heterocycles. The van der Waals surface area contributed by atoms with Crippen LogP contribution < -0.4 is 5.32 Å². The van der Waals surface area contributed by atoms with Crippen LogP contribution in [0.2, 0.25) is 0 Å². The molecule has 0 bridgehead atoms. The number of amides is 1. The third-order valence-electron chi connectivity index (χ3n) is 2.74. The maximum Gasteiger partial charge on any atom is 0.345 e. The minimum atomic E-state index is -0.923. The fourth-order valence-corrected chi connectivity index (χ4v) is 2.84. The van der Waals surface area contributed by atoms with Gasteiger partial charge >= 0.3 is 5.97 Å². The highest BCUT2D eigenvalue weighted by Gasteiger charge is 2.11. The molecule has 0 saturated heterocycles. The van der Waals surface area contributed by atoms with Gasteiger partial charge in [-0.25, -0.2) is 4.79 Å². The SMILES string of the molecule is CC(C)CC(C)CC(=O)NCc1ccc(C(=O)O)s1. The molecule has 1 unspecified atom stereocenters. The van der Waals surface area contributed by atoms with Gasteiger partial charge in [-0.1, -0.05) is 20.8 Å². The molecule has 1 atom stereocenters. The fourth-order valence-electron chi connectivity index (χ4n) is 2.05. The second-order valence-corrected chi connectivity index (χ2v) is 6.46. The summed E-state index contributed by atoms with van der Waals surface area (Å²) in [6.07, 6.45) is 1.56. The number of carboxylic acids is 1. The minimum Gasteiger partial charge on any atom is -0.477 e. The lowest BCUT2D eigenvalue weighted by Crippen LogP contribution is -2.24. The number of hydrogen-bond donors (Lipinski definition) is 2. The Morgan fingerprint density at radius 1 is 1.32 bits per heavy atom. The first-order valence-electron chi connectivity index (χ1n) is 6.47. The van der Waals surface area contributed by atoms with Crippen molar-refractivity contribution in [2.75, 3.05) is 0 Å². The van der Waals surface area contributed by atoms with Crippen LogP contribution in [0.1, 0.15) is 48.2 Å². The number of aromatic carboxylic acids is 1. The number of carbonyl (C=O) groups is 2. The average Bonchev–Trinajstić information content (AvgIpc) is 2.73. The number of carbonyl (C=O) groups excluding carboxylic acids is 1. The molecule has 0 fully saturated rings. The van der Waals surface area contributed by atoms with E-state index >= 15 is 0 Å². The summed E-state index contributed by atoms with van der Waals surface area (Å²) < 4.78 is 0. The van der Waals surface area contributed by atoms with E-state index in [4.69, 9.17) is 5.11 Å². The Morgan fingerprint density at radius 3 is 2.53 bits per heavy atom. The van der Waals surface area contributed by atoms with Crippen LogP contribution in [0, 0.1) is 11.8 Å². The third kappa shape index (κ3) is 5.87. The zero-order valence-electron chi connectivity index (χ0n) is 11.6. The van der Waals surface area contributed by atoms with Crippen LogP contribution in [0.3, 0.4) is 0 Å². The standard InChI is InChI=1S/C14H21NO3S/c1-9(2)6-10(3)7-13(16)15-8-11-4-5-12(19-11)14(17)18/h4-5,9-10H,6-8H2,1-3H3,(H,15,16)(H,17,18). The lowest BCUT2D eigenvalue weighted by molar-refractivity contribution is -0.122. The van der Waals surface area contributed by atoms with Gasteiger partial charge in [0.05, 0.1) is 6.54 Å². The lowest BCUT2D eigenvalue weighted by Gasteiger charge is -2.13. The van der Waals surface area contributed by atoms with Crippen LogP contribution >= 0.6 is 11.3 Å². The van der Waals surface area contributed by atoms with E-state index in [1.54, 1.807) is 12.1 Å². The first-order valence-corrected chi connectivity index (χ1v) is 7.28. The molecule has 1 rings (SSSR count). The topological polar surface area (TPSA) is 66.4 Å². The molecule has 0 aliphatic heterocycles. The molecule has 0 aliphatic rings. The molecule has 0 radical (unpaired) electrons. The minimum absolute atomic E-state index is 0.0263. The molecule has 1 aromatic rings. The molecule has 1 heterocycles. The summed E-state index contributed by atoms with van der Waals surface area (Å²) in [6, 6.07) is 3.31. The van der Waals surface area contributed by atoms with Crippen LogP contribution in [0.15, 0.2) is 12.1 Å². The van der Waals surface area contributed by atoms with Crippen LogP contribution in [0.4, 0.5) is 0 Å². The van der Waals surface area contributed by atoms with E-state index in [-0.39, 0.29) is 5.91 Å². The van der Waals surface area contributed by atoms with E-state index in [0.29, 0.717) is 29.7 Å². The Kier molecular flexibility index (Phi) is 6.02. The van der Waals surface area contributed by atoms with Gasteiger partial charge in [0.15, 0.2) is 0 Å². The highest BCUT2D eigenvalue weighted by Crippen LogP contribution is 2.17. The highest BCUT2D eigenvalue weighted by molar-refractivity contribution is 7.13. The van der Waals surface area contributed by atoms with Gasteiger partial charge in [0.1, 0.15) is 4.88 Å². The summed E-state index contributed by atoms with van der Waals surface area (Å²) in [5.74, 6) is 0.0719. The van der Waals surface area contributed by atoms with Crippen molar-refractivity contribution >= 4 is 23.2 Å². The van der Waals surface area contributed by atoms with Crippen LogP contribution in [0.5, 0.6) is 0 Å². The second-order valence-electron chi connectivity index (χ2n) is 5.29. The van der Waals surface area contributed by atoms with Crippen molar-refractivity contribution in [2.45, 2.75) is 40.2 Å². The van der Waals surface area contributed by atoms with Gasteiger partial charge in [-0.2, -0.15) is 0 Å². The van der Waals surface area contributed by atoms with Crippen molar-refractivity contribution in [1.29, 1.82) is 0 Å². The monoisotopic (exact) mass is 283 g/mol. The molecule has 0 aromatic carbocycles. The first kappa shape index (κ1) is 15.7. The summed E-state index contributed by atoms with van der Waals surface area (Å²) in [6.45, 7) is 6.78. The number of nitrogens with one attached hydrogen (secondary N) is 1. The van der Waals surface area contributed by atoms with Crippen LogP contribution in [-0.4, -0.2) is 17.0 Å². The Morgan fingerprint density at radius 2 is 2.00 bits per heavy atom. The molecule has 2 N–H and O–H groups in total. The van der Waals surface area contributed by atoms with Gasteiger partial charge in [0.25, 0.3) is 0 Å². The molecule has 106 valence electrons. The molecule has 1 amide bonds. The summed E-state index contributed by atoms with van der Waals surface area (Å²) >= 11 is 1.20. The van der Waals surface area contributed by atoms with Crippen molar-refractivity contribution < 1.29 is 14.7 Å². The van der Waals surface area contributed by atoms with E-state index in [0.717, 1.165) is 11.3 Å². The predicted octanol–water partition coefficient (Wildman–Crippen LogP) is 3.13. The van der Waals surface area contributed by atoms with Gasteiger partial charge in [-0.05, 0) is 30.4 Å². The molecule has 5 heteroatoms. The van der Waals surface area contributed by atoms with Crippen molar-refractivity contribution in [3.63, 3.8) is 0 Å². The van der Waals surface area contributed by atoms with Gasteiger partial charge < -0.3 is 10.4 Å². The first-order chi connectivity index (χ1) is 8.88. The number of carboxylic acid groups (broad SMARTS) is 1. The summed E-state index contributed by atoms with van der Waals surface area (Å²) in [5, 5.41) is 11.6. The Hall–Kier alpha value is -1.36. The van der Waals surface area contributed by atoms with Crippen LogP contribution in [-0.2, 0) is 11.3 Å². The molecule has 0 spiro atoms. The number of rotatable bonds is 7. The molecule has 19 heavy (non-hydrogen) atoms. The second kappa shape index (κ2) is 7.28. The zero-order chi connectivity index (χ0) is 14.4. The van der Waals surface area contributed by atoms with Crippen molar-refractivity contribution in [3.05, 3.63) is 21.9 Å². The Labute approximate surface area is 117 Å². The van der Waals surface area contributed by atoms with Crippen molar-refractivity contribution in [3.8, 4) is 0 Å². The van der Waals surface area contributed by atoms with E-state index in [1.807, 2.05) is 0 Å². The van der Waals surface area contributed by atoms with Crippen molar-refractivity contribution in [1.82, 2.24) is 5.32 Å². The van der Waals surface area contributed by atoms with Gasteiger partial charge in [0, 0.05) is 11.3 Å². The predicted molar refractivity (Wildman–Crippen MR) is 76.4 cm³/mol. The quantitative estimate of drug-likeness (QED) is 0.808. The summed E-state index contributed by atoms with van der Waals surface area (Å²) in [5.41, 5.74) is 0. The van der Waals surface area contributed by atoms with Gasteiger partial charge in [-0.3, -0.25) is 4.79 Å². The normalized spacial score (nSPS) is 12.4. The maximum atomic E-state index is 11.7.